The summed E-state index contributed by atoms with van der Waals surface area (Å²) >= 11 is 0. The summed E-state index contributed by atoms with van der Waals surface area (Å²) in [6.07, 6.45) is -4.43. The lowest BCUT2D eigenvalue weighted by molar-refractivity contribution is -0.138. The van der Waals surface area contributed by atoms with E-state index in [0.717, 1.165) is 6.07 Å². The zero-order valence-electron chi connectivity index (χ0n) is 11.1. The minimum absolute atomic E-state index is 0.0191. The fourth-order valence-corrected chi connectivity index (χ4v) is 2.59. The summed E-state index contributed by atoms with van der Waals surface area (Å²) in [5, 5.41) is 3.05. The second-order valence-corrected chi connectivity index (χ2v) is 4.96. The summed E-state index contributed by atoms with van der Waals surface area (Å²) < 4.78 is 40.5. The molecule has 3 nitrogen and oxygen atoms in total. The van der Waals surface area contributed by atoms with Crippen LogP contribution in [0.4, 0.5) is 19.0 Å². The van der Waals surface area contributed by atoms with Crippen molar-refractivity contribution < 1.29 is 13.2 Å². The average molecular weight is 294 g/mol. The van der Waals surface area contributed by atoms with E-state index in [9.17, 15) is 18.0 Å². The van der Waals surface area contributed by atoms with Crippen molar-refractivity contribution in [3.8, 4) is 0 Å². The number of alkyl halides is 3. The lowest BCUT2D eigenvalue weighted by Gasteiger charge is -2.13. The molecule has 0 atom stereocenters. The van der Waals surface area contributed by atoms with Crippen LogP contribution in [0.1, 0.15) is 16.7 Å². The number of hydrogen-bond acceptors (Lipinski definition) is 2. The molecule has 6 heteroatoms. The average Bonchev–Trinajstić information content (AvgIpc) is 2.90. The Morgan fingerprint density at radius 1 is 1.10 bits per heavy atom. The maximum Gasteiger partial charge on any atom is 0.416 e. The van der Waals surface area contributed by atoms with Gasteiger partial charge >= 0.3 is 6.18 Å². The predicted molar refractivity (Wildman–Crippen MR) is 73.4 cm³/mol. The van der Waals surface area contributed by atoms with Gasteiger partial charge in [-0.1, -0.05) is 18.2 Å². The topological polar surface area (TPSA) is 34.0 Å². The first-order valence-electron chi connectivity index (χ1n) is 6.58. The van der Waals surface area contributed by atoms with E-state index in [-0.39, 0.29) is 17.5 Å². The van der Waals surface area contributed by atoms with E-state index in [0.29, 0.717) is 24.5 Å². The van der Waals surface area contributed by atoms with Crippen molar-refractivity contribution in [2.75, 3.05) is 11.9 Å². The van der Waals surface area contributed by atoms with Crippen LogP contribution in [0.5, 0.6) is 0 Å². The Kier molecular flexibility index (Phi) is 3.23. The van der Waals surface area contributed by atoms with Crippen LogP contribution < -0.4 is 10.9 Å². The molecule has 1 aliphatic rings. The third kappa shape index (κ3) is 2.53. The largest absolute Gasteiger partial charge is 0.416 e. The van der Waals surface area contributed by atoms with Crippen molar-refractivity contribution in [2.24, 2.45) is 0 Å². The summed E-state index contributed by atoms with van der Waals surface area (Å²) in [7, 11) is 0. The standard InChI is InChI=1S/C15H13F3N2O/c16-15(17,18)12-4-2-1-3-10(12)9-11-5-6-13-19-7-8-20(13)14(11)21/h1-6,19H,7-9H2. The molecular formula is C15H13F3N2O. The third-order valence-corrected chi connectivity index (χ3v) is 3.60. The maximum atomic E-state index is 13.0. The van der Waals surface area contributed by atoms with Crippen molar-refractivity contribution in [3.05, 3.63) is 63.4 Å². The van der Waals surface area contributed by atoms with E-state index in [2.05, 4.69) is 5.32 Å². The summed E-state index contributed by atoms with van der Waals surface area (Å²) in [4.78, 5) is 12.3. The van der Waals surface area contributed by atoms with Crippen LogP contribution in [0.3, 0.4) is 0 Å². The minimum atomic E-state index is -4.41. The van der Waals surface area contributed by atoms with E-state index in [1.807, 2.05) is 0 Å². The van der Waals surface area contributed by atoms with Crippen LogP contribution in [0.25, 0.3) is 0 Å². The summed E-state index contributed by atoms with van der Waals surface area (Å²) in [6, 6.07) is 8.70. The third-order valence-electron chi connectivity index (χ3n) is 3.60. The van der Waals surface area contributed by atoms with Crippen molar-refractivity contribution in [3.63, 3.8) is 0 Å². The number of nitrogens with zero attached hydrogens (tertiary/aromatic N) is 1. The van der Waals surface area contributed by atoms with Crippen molar-refractivity contribution in [1.82, 2.24) is 4.57 Å². The first-order chi connectivity index (χ1) is 9.97. The first kappa shape index (κ1) is 13.7. The Morgan fingerprint density at radius 3 is 2.62 bits per heavy atom. The van der Waals surface area contributed by atoms with E-state index in [1.54, 1.807) is 22.8 Å². The quantitative estimate of drug-likeness (QED) is 0.924. The minimum Gasteiger partial charge on any atom is -0.370 e. The molecule has 1 aromatic heterocycles. The lowest BCUT2D eigenvalue weighted by Crippen LogP contribution is -2.22. The molecule has 1 N–H and O–H groups in total. The number of aromatic nitrogens is 1. The molecule has 0 saturated carbocycles. The highest BCUT2D eigenvalue weighted by Crippen LogP contribution is 2.32. The number of anilines is 1. The molecular weight excluding hydrogens is 281 g/mol. The molecule has 0 radical (unpaired) electrons. The number of fused-ring (bicyclic) bond motifs is 1. The maximum absolute atomic E-state index is 13.0. The van der Waals surface area contributed by atoms with Gasteiger partial charge in [-0.2, -0.15) is 13.2 Å². The smallest absolute Gasteiger partial charge is 0.370 e. The van der Waals surface area contributed by atoms with Gasteiger partial charge in [0, 0.05) is 25.1 Å². The second-order valence-electron chi connectivity index (χ2n) is 4.96. The van der Waals surface area contributed by atoms with Crippen LogP contribution in [0.15, 0.2) is 41.2 Å². The fraction of sp³-hybridized carbons (Fsp3) is 0.267. The normalized spacial score (nSPS) is 13.9. The summed E-state index contributed by atoms with van der Waals surface area (Å²) in [5.41, 5.74) is -0.421. The molecule has 0 bridgehead atoms. The molecule has 0 aliphatic carbocycles. The number of halogens is 3. The first-order valence-corrected chi connectivity index (χ1v) is 6.58. The molecule has 21 heavy (non-hydrogen) atoms. The number of benzene rings is 1. The highest BCUT2D eigenvalue weighted by Gasteiger charge is 2.33. The van der Waals surface area contributed by atoms with Crippen molar-refractivity contribution in [2.45, 2.75) is 19.1 Å². The van der Waals surface area contributed by atoms with Crippen LogP contribution in [0, 0.1) is 0 Å². The molecule has 0 amide bonds. The summed E-state index contributed by atoms with van der Waals surface area (Å²) in [6.45, 7) is 1.21. The zero-order chi connectivity index (χ0) is 15.0. The van der Waals surface area contributed by atoms with Crippen molar-refractivity contribution >= 4 is 5.82 Å². The van der Waals surface area contributed by atoms with Gasteiger partial charge in [0.15, 0.2) is 0 Å². The SMILES string of the molecule is O=c1c(Cc2ccccc2C(F)(F)F)ccc2n1CCN2. The van der Waals surface area contributed by atoms with Crippen LogP contribution in [0.2, 0.25) is 0 Å². The Morgan fingerprint density at radius 2 is 1.86 bits per heavy atom. The van der Waals surface area contributed by atoms with E-state index in [1.165, 1.54) is 12.1 Å². The second kappa shape index (κ2) is 4.95. The van der Waals surface area contributed by atoms with Gasteiger partial charge in [0.05, 0.1) is 5.56 Å². The van der Waals surface area contributed by atoms with Gasteiger partial charge in [-0.05, 0) is 23.8 Å². The van der Waals surface area contributed by atoms with Gasteiger partial charge in [0.2, 0.25) is 0 Å². The molecule has 0 fully saturated rings. The molecule has 110 valence electrons. The number of rotatable bonds is 2. The molecule has 2 aromatic rings. The molecule has 3 rings (SSSR count). The monoisotopic (exact) mass is 294 g/mol. The molecule has 0 saturated heterocycles. The molecule has 1 aliphatic heterocycles. The lowest BCUT2D eigenvalue weighted by atomic mass is 10.00. The Labute approximate surface area is 119 Å². The Bertz CT molecular complexity index is 734. The summed E-state index contributed by atoms with van der Waals surface area (Å²) in [5.74, 6) is 0.716. The number of hydrogen-bond donors (Lipinski definition) is 1. The highest BCUT2D eigenvalue weighted by molar-refractivity contribution is 5.42. The van der Waals surface area contributed by atoms with Crippen LogP contribution in [-0.2, 0) is 19.1 Å². The van der Waals surface area contributed by atoms with Gasteiger partial charge in [-0.3, -0.25) is 9.36 Å². The molecule has 0 unspecified atom stereocenters. The fourth-order valence-electron chi connectivity index (χ4n) is 2.59. The Balaban J connectivity index is 2.01. The van der Waals surface area contributed by atoms with Crippen LogP contribution in [-0.4, -0.2) is 11.1 Å². The van der Waals surface area contributed by atoms with E-state index < -0.39 is 11.7 Å². The molecule has 2 heterocycles. The number of pyridine rings is 1. The van der Waals surface area contributed by atoms with Crippen LogP contribution >= 0.6 is 0 Å². The highest BCUT2D eigenvalue weighted by atomic mass is 19.4. The molecule has 0 spiro atoms. The van der Waals surface area contributed by atoms with Gasteiger partial charge in [-0.25, -0.2) is 0 Å². The number of nitrogens with one attached hydrogen (secondary N) is 1. The predicted octanol–water partition coefficient (Wildman–Crippen LogP) is 2.88. The van der Waals surface area contributed by atoms with Gasteiger partial charge in [0.1, 0.15) is 5.82 Å². The van der Waals surface area contributed by atoms with Gasteiger partial charge in [-0.15, -0.1) is 0 Å². The Hall–Kier alpha value is -2.24. The van der Waals surface area contributed by atoms with Gasteiger partial charge < -0.3 is 5.32 Å². The van der Waals surface area contributed by atoms with Gasteiger partial charge in [0.25, 0.3) is 5.56 Å². The van der Waals surface area contributed by atoms with E-state index in [4.69, 9.17) is 0 Å². The van der Waals surface area contributed by atoms with Crippen molar-refractivity contribution in [1.29, 1.82) is 0 Å². The zero-order valence-corrected chi connectivity index (χ0v) is 11.1. The molecule has 1 aromatic carbocycles. The van der Waals surface area contributed by atoms with E-state index >= 15 is 0 Å².